The molecule has 0 saturated heterocycles. The first-order valence-corrected chi connectivity index (χ1v) is 4.83. The first kappa shape index (κ1) is 9.98. The third-order valence-corrected chi connectivity index (χ3v) is 2.52. The summed E-state index contributed by atoms with van der Waals surface area (Å²) < 4.78 is 1.45. The Balaban J connectivity index is 2.61. The number of hydrogen-bond donors (Lipinski definition) is 1. The molecule has 4 nitrogen and oxygen atoms in total. The van der Waals surface area contributed by atoms with Gasteiger partial charge in [-0.1, -0.05) is 11.6 Å². The Bertz CT molecular complexity index is 521. The number of hydrogen-bond acceptors (Lipinski definition) is 2. The van der Waals surface area contributed by atoms with E-state index in [-0.39, 0.29) is 0 Å². The summed E-state index contributed by atoms with van der Waals surface area (Å²) in [6.45, 7) is 1.58. The van der Waals surface area contributed by atoms with Crippen molar-refractivity contribution in [2.24, 2.45) is 0 Å². The number of rotatable bonds is 2. The highest BCUT2D eigenvalue weighted by Crippen LogP contribution is 2.21. The maximum atomic E-state index is 10.8. The highest BCUT2D eigenvalue weighted by atomic mass is 35.5. The van der Waals surface area contributed by atoms with Crippen molar-refractivity contribution >= 4 is 28.5 Å². The molecule has 0 saturated carbocycles. The Hall–Kier alpha value is -1.55. The second-order valence-corrected chi connectivity index (χ2v) is 3.74. The quantitative estimate of drug-likeness (QED) is 0.852. The molecule has 1 aromatic carbocycles. The largest absolute Gasteiger partial charge is 0.480 e. The molecular formula is C10H9ClN2O2. The van der Waals surface area contributed by atoms with Gasteiger partial charge in [0.1, 0.15) is 6.04 Å². The molecule has 1 atom stereocenters. The SMILES string of the molecule is CC(C(=O)O)n1ncc2ccc(Cl)cc21. The molecule has 78 valence electrons. The van der Waals surface area contributed by atoms with Crippen molar-refractivity contribution in [2.75, 3.05) is 0 Å². The van der Waals surface area contributed by atoms with Gasteiger partial charge in [0.05, 0.1) is 11.7 Å². The number of aromatic nitrogens is 2. The van der Waals surface area contributed by atoms with Crippen LogP contribution in [0.1, 0.15) is 13.0 Å². The Labute approximate surface area is 91.1 Å². The molecule has 0 bridgehead atoms. The van der Waals surface area contributed by atoms with Crippen molar-refractivity contribution in [1.29, 1.82) is 0 Å². The van der Waals surface area contributed by atoms with Crippen LogP contribution >= 0.6 is 11.6 Å². The monoisotopic (exact) mass is 224 g/mol. The smallest absolute Gasteiger partial charge is 0.328 e. The molecule has 0 aliphatic rings. The fourth-order valence-electron chi connectivity index (χ4n) is 1.42. The lowest BCUT2D eigenvalue weighted by atomic mass is 10.2. The lowest BCUT2D eigenvalue weighted by Crippen LogP contribution is -2.16. The topological polar surface area (TPSA) is 55.1 Å². The lowest BCUT2D eigenvalue weighted by Gasteiger charge is -2.07. The van der Waals surface area contributed by atoms with Crippen LogP contribution in [-0.2, 0) is 4.79 Å². The Morgan fingerprint density at radius 1 is 1.60 bits per heavy atom. The van der Waals surface area contributed by atoms with Crippen LogP contribution in [0.4, 0.5) is 0 Å². The molecule has 0 amide bonds. The number of carbonyl (C=O) groups is 1. The summed E-state index contributed by atoms with van der Waals surface area (Å²) in [6, 6.07) is 4.58. The second kappa shape index (κ2) is 3.55. The average molecular weight is 225 g/mol. The molecule has 0 fully saturated rings. The van der Waals surface area contributed by atoms with Gasteiger partial charge in [0, 0.05) is 10.4 Å². The number of aliphatic carboxylic acids is 1. The van der Waals surface area contributed by atoms with Crippen molar-refractivity contribution in [3.8, 4) is 0 Å². The minimum absolute atomic E-state index is 0.571. The summed E-state index contributed by atoms with van der Waals surface area (Å²) in [5.41, 5.74) is 0.734. The van der Waals surface area contributed by atoms with E-state index in [1.165, 1.54) is 4.68 Å². The number of fused-ring (bicyclic) bond motifs is 1. The number of carboxylic acids is 1. The van der Waals surface area contributed by atoms with Crippen LogP contribution in [0.25, 0.3) is 10.9 Å². The van der Waals surface area contributed by atoms with Crippen LogP contribution in [0.15, 0.2) is 24.4 Å². The van der Waals surface area contributed by atoms with Gasteiger partial charge in [-0.3, -0.25) is 4.68 Å². The maximum absolute atomic E-state index is 10.8. The highest BCUT2D eigenvalue weighted by Gasteiger charge is 2.16. The summed E-state index contributed by atoms with van der Waals surface area (Å²) in [4.78, 5) is 10.8. The fraction of sp³-hybridized carbons (Fsp3) is 0.200. The molecule has 1 heterocycles. The van der Waals surface area contributed by atoms with E-state index in [9.17, 15) is 4.79 Å². The van der Waals surface area contributed by atoms with Gasteiger partial charge in [0.15, 0.2) is 0 Å². The van der Waals surface area contributed by atoms with Gasteiger partial charge in [0.25, 0.3) is 0 Å². The van der Waals surface area contributed by atoms with E-state index in [0.717, 1.165) is 10.9 Å². The van der Waals surface area contributed by atoms with Crippen molar-refractivity contribution in [2.45, 2.75) is 13.0 Å². The molecule has 0 aliphatic carbocycles. The van der Waals surface area contributed by atoms with Crippen LogP contribution in [0.5, 0.6) is 0 Å². The number of nitrogens with zero attached hydrogens (tertiary/aromatic N) is 2. The van der Waals surface area contributed by atoms with Gasteiger partial charge in [-0.05, 0) is 25.1 Å². The van der Waals surface area contributed by atoms with Gasteiger partial charge in [-0.25, -0.2) is 4.79 Å². The molecule has 1 aromatic heterocycles. The minimum Gasteiger partial charge on any atom is -0.480 e. The summed E-state index contributed by atoms with van der Waals surface area (Å²) in [6.07, 6.45) is 1.63. The molecule has 5 heteroatoms. The molecule has 15 heavy (non-hydrogen) atoms. The molecular weight excluding hydrogens is 216 g/mol. The van der Waals surface area contributed by atoms with E-state index >= 15 is 0 Å². The average Bonchev–Trinajstić information content (AvgIpc) is 2.59. The van der Waals surface area contributed by atoms with Crippen LogP contribution < -0.4 is 0 Å². The van der Waals surface area contributed by atoms with Gasteiger partial charge in [0.2, 0.25) is 0 Å². The van der Waals surface area contributed by atoms with Crippen molar-refractivity contribution in [3.05, 3.63) is 29.4 Å². The molecule has 2 aromatic rings. The molecule has 2 rings (SSSR count). The number of carboxylic acid groups (broad SMARTS) is 1. The molecule has 1 unspecified atom stereocenters. The molecule has 0 spiro atoms. The van der Waals surface area contributed by atoms with E-state index in [2.05, 4.69) is 5.10 Å². The third kappa shape index (κ3) is 1.68. The Kier molecular flexibility index (Phi) is 2.36. The zero-order chi connectivity index (χ0) is 11.0. The van der Waals surface area contributed by atoms with E-state index in [0.29, 0.717) is 5.02 Å². The molecule has 0 aliphatic heterocycles. The maximum Gasteiger partial charge on any atom is 0.328 e. The van der Waals surface area contributed by atoms with Crippen LogP contribution in [0.2, 0.25) is 5.02 Å². The predicted molar refractivity (Wildman–Crippen MR) is 57.1 cm³/mol. The normalized spacial score (nSPS) is 12.9. The zero-order valence-corrected chi connectivity index (χ0v) is 8.77. The van der Waals surface area contributed by atoms with E-state index < -0.39 is 12.0 Å². The number of halogens is 1. The summed E-state index contributed by atoms with van der Waals surface area (Å²) in [5.74, 6) is -0.917. The van der Waals surface area contributed by atoms with Gasteiger partial charge in [-0.15, -0.1) is 0 Å². The van der Waals surface area contributed by atoms with Gasteiger partial charge >= 0.3 is 5.97 Å². The first-order chi connectivity index (χ1) is 7.09. The summed E-state index contributed by atoms with van der Waals surface area (Å²) in [7, 11) is 0. The van der Waals surface area contributed by atoms with Crippen molar-refractivity contribution in [1.82, 2.24) is 9.78 Å². The number of benzene rings is 1. The standard InChI is InChI=1S/C10H9ClN2O2/c1-6(10(14)15)13-9-4-8(11)3-2-7(9)5-12-13/h2-6H,1H3,(H,14,15). The highest BCUT2D eigenvalue weighted by molar-refractivity contribution is 6.31. The zero-order valence-electron chi connectivity index (χ0n) is 8.01. The molecule has 1 N–H and O–H groups in total. The fourth-order valence-corrected chi connectivity index (χ4v) is 1.59. The van der Waals surface area contributed by atoms with Crippen molar-refractivity contribution < 1.29 is 9.90 Å². The minimum atomic E-state index is -0.917. The van der Waals surface area contributed by atoms with Crippen LogP contribution in [0, 0.1) is 0 Å². The van der Waals surface area contributed by atoms with Gasteiger partial charge < -0.3 is 5.11 Å². The molecule has 0 radical (unpaired) electrons. The first-order valence-electron chi connectivity index (χ1n) is 4.45. The van der Waals surface area contributed by atoms with Crippen LogP contribution in [0.3, 0.4) is 0 Å². The van der Waals surface area contributed by atoms with E-state index in [4.69, 9.17) is 16.7 Å². The van der Waals surface area contributed by atoms with E-state index in [1.807, 2.05) is 6.07 Å². The van der Waals surface area contributed by atoms with Gasteiger partial charge in [-0.2, -0.15) is 5.10 Å². The van der Waals surface area contributed by atoms with Crippen molar-refractivity contribution in [3.63, 3.8) is 0 Å². The summed E-state index contributed by atoms with van der Waals surface area (Å²) >= 11 is 5.84. The summed E-state index contributed by atoms with van der Waals surface area (Å²) in [5, 5.41) is 14.4. The van der Waals surface area contributed by atoms with E-state index in [1.54, 1.807) is 25.3 Å². The van der Waals surface area contributed by atoms with Crippen LogP contribution in [-0.4, -0.2) is 20.9 Å². The Morgan fingerprint density at radius 2 is 2.33 bits per heavy atom. The second-order valence-electron chi connectivity index (χ2n) is 3.31. The predicted octanol–water partition coefficient (Wildman–Crippen LogP) is 2.34. The lowest BCUT2D eigenvalue weighted by molar-refractivity contribution is -0.140. The Morgan fingerprint density at radius 3 is 3.00 bits per heavy atom. The third-order valence-electron chi connectivity index (χ3n) is 2.28.